The maximum atomic E-state index is 12.9. The Hall–Kier alpha value is -4.19. The van der Waals surface area contributed by atoms with Gasteiger partial charge in [-0.2, -0.15) is 0 Å². The summed E-state index contributed by atoms with van der Waals surface area (Å²) in [6.45, 7) is 4.22. The molecular formula is C26H22N4O2. The van der Waals surface area contributed by atoms with Crippen molar-refractivity contribution in [2.75, 3.05) is 5.32 Å². The van der Waals surface area contributed by atoms with Crippen LogP contribution in [0.3, 0.4) is 0 Å². The molecule has 0 aliphatic heterocycles. The number of ether oxygens (including phenoxy) is 1. The standard InChI is InChI=1S/C26H22N4O2/c1-17-9-10-19-13-23(18(2)27-24(19)12-17)26(31)29-20-6-5-7-22(14-20)32-16-21-15-30-11-4-3-8-25(30)28-21/h3-15H,16H2,1-2H3,(H,29,31). The van der Waals surface area contributed by atoms with Crippen LogP contribution in [0.25, 0.3) is 16.6 Å². The van der Waals surface area contributed by atoms with Gasteiger partial charge in [-0.05, 0) is 55.8 Å². The Balaban J connectivity index is 1.31. The molecule has 0 atom stereocenters. The van der Waals surface area contributed by atoms with Gasteiger partial charge in [-0.25, -0.2) is 4.98 Å². The highest BCUT2D eigenvalue weighted by Gasteiger charge is 2.13. The van der Waals surface area contributed by atoms with Gasteiger partial charge in [-0.3, -0.25) is 9.78 Å². The van der Waals surface area contributed by atoms with Gasteiger partial charge in [0.05, 0.1) is 22.5 Å². The third-order valence-electron chi connectivity index (χ3n) is 5.30. The minimum absolute atomic E-state index is 0.199. The number of nitrogens with zero attached hydrogens (tertiary/aromatic N) is 3. The molecule has 6 nitrogen and oxygen atoms in total. The first-order valence-electron chi connectivity index (χ1n) is 10.4. The van der Waals surface area contributed by atoms with Crippen LogP contribution in [0.4, 0.5) is 5.69 Å². The lowest BCUT2D eigenvalue weighted by Crippen LogP contribution is -2.14. The molecule has 0 fully saturated rings. The fraction of sp³-hybridized carbons (Fsp3) is 0.115. The summed E-state index contributed by atoms with van der Waals surface area (Å²) in [5.74, 6) is 0.457. The quantitative estimate of drug-likeness (QED) is 0.416. The first-order chi connectivity index (χ1) is 15.5. The number of anilines is 1. The van der Waals surface area contributed by atoms with Gasteiger partial charge in [0, 0.05) is 29.5 Å². The van der Waals surface area contributed by atoms with Gasteiger partial charge in [0.1, 0.15) is 18.0 Å². The van der Waals surface area contributed by atoms with E-state index in [4.69, 9.17) is 4.74 Å². The zero-order chi connectivity index (χ0) is 22.1. The Morgan fingerprint density at radius 1 is 1.00 bits per heavy atom. The Morgan fingerprint density at radius 2 is 1.91 bits per heavy atom. The van der Waals surface area contributed by atoms with Crippen molar-refractivity contribution in [1.82, 2.24) is 14.4 Å². The molecule has 0 saturated carbocycles. The summed E-state index contributed by atoms with van der Waals surface area (Å²) >= 11 is 0. The Bertz CT molecular complexity index is 1420. The van der Waals surface area contributed by atoms with E-state index in [0.29, 0.717) is 29.3 Å². The van der Waals surface area contributed by atoms with Gasteiger partial charge in [0.15, 0.2) is 0 Å². The number of nitrogens with one attached hydrogen (secondary N) is 1. The van der Waals surface area contributed by atoms with Crippen LogP contribution in [0.5, 0.6) is 5.75 Å². The van der Waals surface area contributed by atoms with Gasteiger partial charge in [0.2, 0.25) is 0 Å². The van der Waals surface area contributed by atoms with Crippen LogP contribution in [0.1, 0.15) is 27.3 Å². The molecule has 3 heterocycles. The molecule has 3 aromatic heterocycles. The van der Waals surface area contributed by atoms with Crippen molar-refractivity contribution in [2.45, 2.75) is 20.5 Å². The number of rotatable bonds is 5. The summed E-state index contributed by atoms with van der Waals surface area (Å²) in [4.78, 5) is 22.1. The molecule has 1 amide bonds. The van der Waals surface area contributed by atoms with Gasteiger partial charge < -0.3 is 14.5 Å². The SMILES string of the molecule is Cc1ccc2cc(C(=O)Nc3cccc(OCc4cn5ccccc5n4)c3)c(C)nc2c1. The molecular weight excluding hydrogens is 400 g/mol. The fourth-order valence-corrected chi connectivity index (χ4v) is 3.68. The molecule has 0 bridgehead atoms. The number of hydrogen-bond acceptors (Lipinski definition) is 4. The number of amides is 1. The van der Waals surface area contributed by atoms with Crippen LogP contribution in [0, 0.1) is 13.8 Å². The predicted molar refractivity (Wildman–Crippen MR) is 125 cm³/mol. The highest BCUT2D eigenvalue weighted by molar-refractivity contribution is 6.06. The van der Waals surface area contributed by atoms with Crippen molar-refractivity contribution < 1.29 is 9.53 Å². The predicted octanol–water partition coefficient (Wildman–Crippen LogP) is 5.33. The maximum absolute atomic E-state index is 12.9. The Kier molecular flexibility index (Phi) is 5.03. The smallest absolute Gasteiger partial charge is 0.257 e. The molecule has 0 aliphatic carbocycles. The van der Waals surface area contributed by atoms with E-state index in [1.807, 2.05) is 91.3 Å². The van der Waals surface area contributed by atoms with E-state index in [-0.39, 0.29) is 5.91 Å². The third-order valence-corrected chi connectivity index (χ3v) is 5.30. The summed E-state index contributed by atoms with van der Waals surface area (Å²) in [6, 6.07) is 21.1. The van der Waals surface area contributed by atoms with Crippen molar-refractivity contribution in [3.63, 3.8) is 0 Å². The number of carbonyl (C=O) groups is 1. The number of aryl methyl sites for hydroxylation is 2. The average Bonchev–Trinajstić information content (AvgIpc) is 3.20. The molecule has 5 rings (SSSR count). The molecule has 0 spiro atoms. The monoisotopic (exact) mass is 422 g/mol. The van der Waals surface area contributed by atoms with E-state index in [2.05, 4.69) is 15.3 Å². The van der Waals surface area contributed by atoms with E-state index in [1.54, 1.807) is 6.07 Å². The van der Waals surface area contributed by atoms with E-state index >= 15 is 0 Å². The summed E-state index contributed by atoms with van der Waals surface area (Å²) in [7, 11) is 0. The molecule has 0 radical (unpaired) electrons. The van der Waals surface area contributed by atoms with Crippen molar-refractivity contribution in [3.8, 4) is 5.75 Å². The van der Waals surface area contributed by atoms with E-state index in [1.165, 1.54) is 0 Å². The molecule has 1 N–H and O–H groups in total. The number of carbonyl (C=O) groups excluding carboxylic acids is 1. The largest absolute Gasteiger partial charge is 0.487 e. The highest BCUT2D eigenvalue weighted by atomic mass is 16.5. The van der Waals surface area contributed by atoms with E-state index in [9.17, 15) is 4.79 Å². The van der Waals surface area contributed by atoms with Crippen molar-refractivity contribution >= 4 is 28.1 Å². The number of hydrogen-bond donors (Lipinski definition) is 1. The number of benzene rings is 2. The van der Waals surface area contributed by atoms with Crippen LogP contribution in [0.15, 0.2) is 79.1 Å². The molecule has 0 unspecified atom stereocenters. The average molecular weight is 422 g/mol. The first-order valence-corrected chi connectivity index (χ1v) is 10.4. The maximum Gasteiger partial charge on any atom is 0.257 e. The zero-order valence-electron chi connectivity index (χ0n) is 17.9. The van der Waals surface area contributed by atoms with Crippen LogP contribution >= 0.6 is 0 Å². The second-order valence-corrected chi connectivity index (χ2v) is 7.79. The minimum atomic E-state index is -0.199. The second-order valence-electron chi connectivity index (χ2n) is 7.79. The summed E-state index contributed by atoms with van der Waals surface area (Å²) in [5.41, 5.74) is 5.65. The van der Waals surface area contributed by atoms with E-state index in [0.717, 1.165) is 27.8 Å². The summed E-state index contributed by atoms with van der Waals surface area (Å²) in [5, 5.41) is 3.90. The normalized spacial score (nSPS) is 11.1. The van der Waals surface area contributed by atoms with Crippen molar-refractivity contribution in [3.05, 3.63) is 102 Å². The molecule has 5 aromatic rings. The number of pyridine rings is 2. The minimum Gasteiger partial charge on any atom is -0.487 e. The van der Waals surface area contributed by atoms with Gasteiger partial charge >= 0.3 is 0 Å². The van der Waals surface area contributed by atoms with Crippen LogP contribution in [0.2, 0.25) is 0 Å². The Morgan fingerprint density at radius 3 is 2.78 bits per heavy atom. The van der Waals surface area contributed by atoms with Crippen LogP contribution in [-0.2, 0) is 6.61 Å². The lowest BCUT2D eigenvalue weighted by Gasteiger charge is -2.11. The topological polar surface area (TPSA) is 68.5 Å². The van der Waals surface area contributed by atoms with Gasteiger partial charge in [0.25, 0.3) is 5.91 Å². The van der Waals surface area contributed by atoms with Crippen molar-refractivity contribution in [2.24, 2.45) is 0 Å². The first kappa shape index (κ1) is 19.8. The molecule has 2 aromatic carbocycles. The molecule has 0 aliphatic rings. The lowest BCUT2D eigenvalue weighted by molar-refractivity contribution is 0.102. The summed E-state index contributed by atoms with van der Waals surface area (Å²) < 4.78 is 7.86. The zero-order valence-corrected chi connectivity index (χ0v) is 17.9. The Labute approximate surface area is 185 Å². The van der Waals surface area contributed by atoms with Crippen LogP contribution in [-0.4, -0.2) is 20.3 Å². The third kappa shape index (κ3) is 4.03. The van der Waals surface area contributed by atoms with Crippen LogP contribution < -0.4 is 10.1 Å². The number of aromatic nitrogens is 3. The fourth-order valence-electron chi connectivity index (χ4n) is 3.68. The molecule has 0 saturated heterocycles. The van der Waals surface area contributed by atoms with Gasteiger partial charge in [-0.15, -0.1) is 0 Å². The highest BCUT2D eigenvalue weighted by Crippen LogP contribution is 2.22. The number of fused-ring (bicyclic) bond motifs is 2. The summed E-state index contributed by atoms with van der Waals surface area (Å²) in [6.07, 6.45) is 3.89. The molecule has 32 heavy (non-hydrogen) atoms. The molecule has 6 heteroatoms. The molecule has 158 valence electrons. The lowest BCUT2D eigenvalue weighted by atomic mass is 10.1. The van der Waals surface area contributed by atoms with Crippen molar-refractivity contribution in [1.29, 1.82) is 0 Å². The van der Waals surface area contributed by atoms with E-state index < -0.39 is 0 Å². The van der Waals surface area contributed by atoms with Gasteiger partial charge in [-0.1, -0.05) is 24.3 Å². The number of imidazole rings is 1. The second kappa shape index (κ2) is 8.15.